The molecule has 1 saturated heterocycles. The number of hydrogen-bond donors (Lipinski definition) is 2. The molecule has 2 unspecified atom stereocenters. The first-order chi connectivity index (χ1) is 9.18. The van der Waals surface area contributed by atoms with Gasteiger partial charge in [0.2, 0.25) is 5.91 Å². The third-order valence-corrected chi connectivity index (χ3v) is 4.36. The third kappa shape index (κ3) is 4.16. The lowest BCUT2D eigenvalue weighted by Crippen LogP contribution is -2.51. The van der Waals surface area contributed by atoms with Gasteiger partial charge in [-0.15, -0.1) is 0 Å². The van der Waals surface area contributed by atoms with E-state index in [1.807, 2.05) is 11.9 Å². The zero-order chi connectivity index (χ0) is 13.7. The number of aliphatic hydroxyl groups is 1. The van der Waals surface area contributed by atoms with Crippen LogP contribution < -0.4 is 5.32 Å². The molecule has 0 aromatic rings. The molecule has 0 bridgehead atoms. The summed E-state index contributed by atoms with van der Waals surface area (Å²) in [7, 11) is 1.97. The van der Waals surface area contributed by atoms with Crippen LogP contribution in [0.1, 0.15) is 32.1 Å². The Morgan fingerprint density at radius 3 is 2.68 bits per heavy atom. The first-order valence-electron chi connectivity index (χ1n) is 7.55. The summed E-state index contributed by atoms with van der Waals surface area (Å²) in [6, 6.07) is 0.148. The van der Waals surface area contributed by atoms with Gasteiger partial charge in [-0.1, -0.05) is 19.3 Å². The molecule has 0 radical (unpaired) electrons. The Labute approximate surface area is 115 Å². The van der Waals surface area contributed by atoms with Gasteiger partial charge >= 0.3 is 0 Å². The van der Waals surface area contributed by atoms with E-state index in [-0.39, 0.29) is 18.1 Å². The largest absolute Gasteiger partial charge is 0.391 e. The molecule has 1 saturated carbocycles. The number of amides is 1. The quantitative estimate of drug-likeness (QED) is 0.711. The lowest BCUT2D eigenvalue weighted by molar-refractivity contribution is -0.133. The van der Waals surface area contributed by atoms with Gasteiger partial charge in [-0.3, -0.25) is 9.69 Å². The first-order valence-corrected chi connectivity index (χ1v) is 7.55. The van der Waals surface area contributed by atoms with Crippen molar-refractivity contribution in [3.63, 3.8) is 0 Å². The molecular weight excluding hydrogens is 242 g/mol. The van der Waals surface area contributed by atoms with Crippen molar-refractivity contribution < 1.29 is 9.90 Å². The van der Waals surface area contributed by atoms with E-state index in [4.69, 9.17) is 0 Å². The molecule has 110 valence electrons. The normalized spacial score (nSPS) is 29.3. The smallest absolute Gasteiger partial charge is 0.236 e. The van der Waals surface area contributed by atoms with E-state index in [0.29, 0.717) is 6.54 Å². The minimum absolute atomic E-state index is 0.148. The van der Waals surface area contributed by atoms with Gasteiger partial charge in [0, 0.05) is 32.2 Å². The molecule has 1 heterocycles. The Kier molecular flexibility index (Phi) is 5.60. The van der Waals surface area contributed by atoms with Crippen LogP contribution in [-0.4, -0.2) is 72.7 Å². The molecule has 5 heteroatoms. The monoisotopic (exact) mass is 269 g/mol. The predicted molar refractivity (Wildman–Crippen MR) is 75.0 cm³/mol. The molecule has 0 aromatic carbocycles. The molecule has 5 nitrogen and oxygen atoms in total. The van der Waals surface area contributed by atoms with Gasteiger partial charge in [-0.2, -0.15) is 0 Å². The van der Waals surface area contributed by atoms with Crippen LogP contribution in [0.5, 0.6) is 0 Å². The number of aliphatic hydroxyl groups excluding tert-OH is 1. The van der Waals surface area contributed by atoms with Gasteiger partial charge in [0.15, 0.2) is 0 Å². The summed E-state index contributed by atoms with van der Waals surface area (Å²) in [6.45, 7) is 3.82. The van der Waals surface area contributed by atoms with Crippen LogP contribution in [0, 0.1) is 0 Å². The lowest BCUT2D eigenvalue weighted by atomic mass is 10.0. The number of hydrogen-bond acceptors (Lipinski definition) is 4. The Morgan fingerprint density at radius 1 is 1.26 bits per heavy atom. The van der Waals surface area contributed by atoms with Crippen molar-refractivity contribution in [2.45, 2.75) is 44.2 Å². The number of nitrogens with zero attached hydrogens (tertiary/aromatic N) is 2. The molecule has 0 spiro atoms. The van der Waals surface area contributed by atoms with E-state index >= 15 is 0 Å². The van der Waals surface area contributed by atoms with Crippen molar-refractivity contribution >= 4 is 5.91 Å². The summed E-state index contributed by atoms with van der Waals surface area (Å²) in [5.41, 5.74) is 0. The van der Waals surface area contributed by atoms with Crippen molar-refractivity contribution in [1.29, 1.82) is 0 Å². The van der Waals surface area contributed by atoms with Crippen molar-refractivity contribution in [2.75, 3.05) is 39.8 Å². The topological polar surface area (TPSA) is 55.8 Å². The van der Waals surface area contributed by atoms with Gasteiger partial charge in [0.25, 0.3) is 0 Å². The average Bonchev–Trinajstić information content (AvgIpc) is 2.64. The van der Waals surface area contributed by atoms with Gasteiger partial charge in [-0.05, 0) is 19.9 Å². The lowest BCUT2D eigenvalue weighted by Gasteiger charge is -2.33. The Bertz CT molecular complexity index is 292. The zero-order valence-corrected chi connectivity index (χ0v) is 12.0. The Hall–Kier alpha value is -0.650. The minimum atomic E-state index is -0.275. The minimum Gasteiger partial charge on any atom is -0.391 e. The van der Waals surface area contributed by atoms with Crippen molar-refractivity contribution in [1.82, 2.24) is 15.1 Å². The third-order valence-electron chi connectivity index (χ3n) is 4.36. The molecular formula is C14H27N3O2. The fourth-order valence-corrected chi connectivity index (χ4v) is 3.13. The Balaban J connectivity index is 1.84. The Morgan fingerprint density at radius 2 is 1.95 bits per heavy atom. The van der Waals surface area contributed by atoms with Crippen LogP contribution in [0.3, 0.4) is 0 Å². The molecule has 1 amide bonds. The van der Waals surface area contributed by atoms with Crippen molar-refractivity contribution in [3.8, 4) is 0 Å². The fraction of sp³-hybridized carbons (Fsp3) is 0.929. The van der Waals surface area contributed by atoms with Crippen molar-refractivity contribution in [2.24, 2.45) is 0 Å². The van der Waals surface area contributed by atoms with Crippen LogP contribution in [-0.2, 0) is 4.79 Å². The maximum Gasteiger partial charge on any atom is 0.236 e. The highest BCUT2D eigenvalue weighted by Gasteiger charge is 2.27. The highest BCUT2D eigenvalue weighted by Crippen LogP contribution is 2.21. The van der Waals surface area contributed by atoms with E-state index < -0.39 is 0 Å². The zero-order valence-electron chi connectivity index (χ0n) is 12.0. The van der Waals surface area contributed by atoms with Crippen LogP contribution in [0.25, 0.3) is 0 Å². The summed E-state index contributed by atoms with van der Waals surface area (Å²) in [5.74, 6) is 0.195. The number of rotatable bonds is 3. The van der Waals surface area contributed by atoms with E-state index in [1.165, 1.54) is 6.42 Å². The summed E-state index contributed by atoms with van der Waals surface area (Å²) in [4.78, 5) is 16.2. The number of carbonyl (C=O) groups excluding carboxylic acids is 1. The maximum absolute atomic E-state index is 12.2. The molecule has 0 aromatic heterocycles. The van der Waals surface area contributed by atoms with E-state index in [9.17, 15) is 9.90 Å². The highest BCUT2D eigenvalue weighted by molar-refractivity contribution is 5.78. The summed E-state index contributed by atoms with van der Waals surface area (Å²) in [6.07, 6.45) is 5.07. The number of nitrogens with one attached hydrogen (secondary N) is 1. The maximum atomic E-state index is 12.2. The van der Waals surface area contributed by atoms with Crippen LogP contribution in [0.2, 0.25) is 0 Å². The summed E-state index contributed by atoms with van der Waals surface area (Å²) in [5, 5.41) is 13.4. The second-order valence-corrected chi connectivity index (χ2v) is 5.82. The van der Waals surface area contributed by atoms with Crippen molar-refractivity contribution in [3.05, 3.63) is 0 Å². The molecule has 1 aliphatic carbocycles. The van der Waals surface area contributed by atoms with E-state index in [2.05, 4.69) is 10.2 Å². The van der Waals surface area contributed by atoms with Gasteiger partial charge in [0.1, 0.15) is 0 Å². The number of piperazine rings is 1. The van der Waals surface area contributed by atoms with Crippen LogP contribution in [0.4, 0.5) is 0 Å². The molecule has 2 fully saturated rings. The predicted octanol–water partition coefficient (Wildman–Crippen LogP) is 0.0436. The number of likely N-dealkylation sites (N-methyl/N-ethyl adjacent to an activating group) is 1. The molecule has 2 aliphatic rings. The molecule has 2 rings (SSSR count). The van der Waals surface area contributed by atoms with Gasteiger partial charge in [0.05, 0.1) is 12.6 Å². The second-order valence-electron chi connectivity index (χ2n) is 5.82. The van der Waals surface area contributed by atoms with Gasteiger partial charge < -0.3 is 15.3 Å². The van der Waals surface area contributed by atoms with E-state index in [0.717, 1.165) is 51.9 Å². The molecule has 2 atom stereocenters. The first kappa shape index (κ1) is 14.8. The van der Waals surface area contributed by atoms with Crippen LogP contribution in [0.15, 0.2) is 0 Å². The summed E-state index contributed by atoms with van der Waals surface area (Å²) < 4.78 is 0. The van der Waals surface area contributed by atoms with Crippen LogP contribution >= 0.6 is 0 Å². The fourth-order valence-electron chi connectivity index (χ4n) is 3.13. The number of carbonyl (C=O) groups is 1. The molecule has 19 heavy (non-hydrogen) atoms. The molecule has 2 N–H and O–H groups in total. The standard InChI is InChI=1S/C14H27N3O2/c1-16(12-5-3-2-4-6-13(12)18)11-14(19)17-9-7-15-8-10-17/h12-13,15,18H,2-11H2,1H3. The summed E-state index contributed by atoms with van der Waals surface area (Å²) >= 11 is 0. The SMILES string of the molecule is CN(CC(=O)N1CCNCC1)C1CCCCCC1O. The molecule has 1 aliphatic heterocycles. The van der Waals surface area contributed by atoms with E-state index in [1.54, 1.807) is 0 Å². The second kappa shape index (κ2) is 7.22. The average molecular weight is 269 g/mol. The van der Waals surface area contributed by atoms with Gasteiger partial charge in [-0.25, -0.2) is 0 Å². The highest BCUT2D eigenvalue weighted by atomic mass is 16.3.